The highest BCUT2D eigenvalue weighted by Gasteiger charge is 2.16. The first kappa shape index (κ1) is 15.3. The number of ether oxygens (including phenoxy) is 2. The summed E-state index contributed by atoms with van der Waals surface area (Å²) in [6, 6.07) is 5.70. The number of hydrogen-bond donors (Lipinski definition) is 2. The number of nitrogens with one attached hydrogen (secondary N) is 1. The SMILES string of the molecule is CNC(=O)C(C)Oc1cc(CC(C)N)ccc1OC. The molecule has 1 rings (SSSR count). The van der Waals surface area contributed by atoms with Gasteiger partial charge in [-0.25, -0.2) is 0 Å². The molecule has 1 aromatic carbocycles. The van der Waals surface area contributed by atoms with Crippen LogP contribution in [0.3, 0.4) is 0 Å². The first-order valence-electron chi connectivity index (χ1n) is 6.28. The first-order chi connectivity index (χ1) is 8.97. The Kier molecular flexibility index (Phi) is 5.63. The lowest BCUT2D eigenvalue weighted by atomic mass is 10.1. The fourth-order valence-electron chi connectivity index (χ4n) is 1.76. The van der Waals surface area contributed by atoms with Gasteiger partial charge in [0.15, 0.2) is 17.6 Å². The van der Waals surface area contributed by atoms with Crippen molar-refractivity contribution < 1.29 is 14.3 Å². The highest BCUT2D eigenvalue weighted by atomic mass is 16.5. The molecule has 1 aromatic rings. The van der Waals surface area contributed by atoms with E-state index in [0.29, 0.717) is 11.5 Å². The maximum Gasteiger partial charge on any atom is 0.260 e. The molecule has 2 unspecified atom stereocenters. The minimum Gasteiger partial charge on any atom is -0.493 e. The van der Waals surface area contributed by atoms with Crippen LogP contribution in [0.4, 0.5) is 0 Å². The van der Waals surface area contributed by atoms with Gasteiger partial charge >= 0.3 is 0 Å². The summed E-state index contributed by atoms with van der Waals surface area (Å²) in [6.07, 6.45) is 0.166. The van der Waals surface area contributed by atoms with Gasteiger partial charge in [0.25, 0.3) is 5.91 Å². The van der Waals surface area contributed by atoms with Crippen LogP contribution in [0, 0.1) is 0 Å². The zero-order valence-corrected chi connectivity index (χ0v) is 11.9. The van der Waals surface area contributed by atoms with Crippen LogP contribution in [0.5, 0.6) is 11.5 Å². The molecule has 2 atom stereocenters. The Hall–Kier alpha value is -1.75. The number of hydrogen-bond acceptors (Lipinski definition) is 4. The Morgan fingerprint density at radius 2 is 2.05 bits per heavy atom. The van der Waals surface area contributed by atoms with Crippen molar-refractivity contribution >= 4 is 5.91 Å². The second-order valence-electron chi connectivity index (χ2n) is 4.54. The van der Waals surface area contributed by atoms with Crippen molar-refractivity contribution in [1.29, 1.82) is 0 Å². The summed E-state index contributed by atoms with van der Waals surface area (Å²) in [6.45, 7) is 3.63. The molecule has 0 saturated carbocycles. The summed E-state index contributed by atoms with van der Waals surface area (Å²) in [5, 5.41) is 2.54. The highest BCUT2D eigenvalue weighted by Crippen LogP contribution is 2.29. The molecule has 0 bridgehead atoms. The molecule has 0 aliphatic heterocycles. The van der Waals surface area contributed by atoms with Crippen LogP contribution in [-0.2, 0) is 11.2 Å². The van der Waals surface area contributed by atoms with Gasteiger partial charge in [-0.2, -0.15) is 0 Å². The van der Waals surface area contributed by atoms with Gasteiger partial charge in [-0.1, -0.05) is 6.07 Å². The van der Waals surface area contributed by atoms with E-state index in [1.807, 2.05) is 25.1 Å². The Morgan fingerprint density at radius 3 is 2.58 bits per heavy atom. The summed E-state index contributed by atoms with van der Waals surface area (Å²) in [5.41, 5.74) is 6.83. The number of rotatable bonds is 6. The van der Waals surface area contributed by atoms with Crippen LogP contribution >= 0.6 is 0 Å². The van der Waals surface area contributed by atoms with Crippen molar-refractivity contribution in [3.8, 4) is 11.5 Å². The molecule has 0 spiro atoms. The molecule has 5 heteroatoms. The zero-order valence-electron chi connectivity index (χ0n) is 11.9. The van der Waals surface area contributed by atoms with E-state index >= 15 is 0 Å². The van der Waals surface area contributed by atoms with Gasteiger partial charge in [-0.15, -0.1) is 0 Å². The van der Waals surface area contributed by atoms with E-state index in [0.717, 1.165) is 12.0 Å². The number of amides is 1. The van der Waals surface area contributed by atoms with Gasteiger partial charge in [-0.05, 0) is 38.0 Å². The van der Waals surface area contributed by atoms with E-state index in [1.165, 1.54) is 0 Å². The van der Waals surface area contributed by atoms with Crippen molar-refractivity contribution in [2.75, 3.05) is 14.2 Å². The van der Waals surface area contributed by atoms with Gasteiger partial charge in [-0.3, -0.25) is 4.79 Å². The van der Waals surface area contributed by atoms with E-state index in [2.05, 4.69) is 5.32 Å². The smallest absolute Gasteiger partial charge is 0.260 e. The molecule has 1 amide bonds. The number of carbonyl (C=O) groups is 1. The highest BCUT2D eigenvalue weighted by molar-refractivity contribution is 5.80. The van der Waals surface area contributed by atoms with Crippen molar-refractivity contribution in [3.05, 3.63) is 23.8 Å². The van der Waals surface area contributed by atoms with Crippen LogP contribution in [0.25, 0.3) is 0 Å². The lowest BCUT2D eigenvalue weighted by Crippen LogP contribution is -2.33. The molecule has 5 nitrogen and oxygen atoms in total. The summed E-state index contributed by atoms with van der Waals surface area (Å²) in [4.78, 5) is 11.5. The molecule has 3 N–H and O–H groups in total. The van der Waals surface area contributed by atoms with E-state index in [-0.39, 0.29) is 11.9 Å². The van der Waals surface area contributed by atoms with E-state index in [9.17, 15) is 4.79 Å². The van der Waals surface area contributed by atoms with Gasteiger partial charge in [0.2, 0.25) is 0 Å². The van der Waals surface area contributed by atoms with Crippen molar-refractivity contribution in [1.82, 2.24) is 5.32 Å². The standard InChI is InChI=1S/C14H22N2O3/c1-9(15)7-11-5-6-12(18-4)13(8-11)19-10(2)14(17)16-3/h5-6,8-10H,7,15H2,1-4H3,(H,16,17). The van der Waals surface area contributed by atoms with Crippen LogP contribution < -0.4 is 20.5 Å². The number of methoxy groups -OCH3 is 1. The van der Waals surface area contributed by atoms with Crippen molar-refractivity contribution in [2.45, 2.75) is 32.4 Å². The summed E-state index contributed by atoms with van der Waals surface area (Å²) < 4.78 is 10.9. The van der Waals surface area contributed by atoms with Crippen LogP contribution in [0.2, 0.25) is 0 Å². The molecule has 19 heavy (non-hydrogen) atoms. The number of benzene rings is 1. The maximum atomic E-state index is 11.5. The fraction of sp³-hybridized carbons (Fsp3) is 0.500. The number of likely N-dealkylation sites (N-methyl/N-ethyl adjacent to an activating group) is 1. The molecule has 0 radical (unpaired) electrons. The molecular weight excluding hydrogens is 244 g/mol. The van der Waals surface area contributed by atoms with Gasteiger partial charge in [0.1, 0.15) is 0 Å². The number of nitrogens with two attached hydrogens (primary N) is 1. The second kappa shape index (κ2) is 6.99. The third-order valence-corrected chi connectivity index (χ3v) is 2.71. The summed E-state index contributed by atoms with van der Waals surface area (Å²) in [7, 11) is 3.14. The molecule has 0 aliphatic rings. The predicted octanol–water partition coefficient (Wildman–Crippen LogP) is 1.10. The Morgan fingerprint density at radius 1 is 1.37 bits per heavy atom. The monoisotopic (exact) mass is 266 g/mol. The van der Waals surface area contributed by atoms with E-state index in [4.69, 9.17) is 15.2 Å². The van der Waals surface area contributed by atoms with Gasteiger partial charge in [0.05, 0.1) is 7.11 Å². The average Bonchev–Trinajstić information content (AvgIpc) is 2.37. The van der Waals surface area contributed by atoms with Crippen molar-refractivity contribution in [3.63, 3.8) is 0 Å². The molecule has 0 heterocycles. The van der Waals surface area contributed by atoms with Crippen LogP contribution in [0.1, 0.15) is 19.4 Å². The largest absolute Gasteiger partial charge is 0.493 e. The lowest BCUT2D eigenvalue weighted by molar-refractivity contribution is -0.126. The third-order valence-electron chi connectivity index (χ3n) is 2.71. The molecule has 0 aromatic heterocycles. The minimum atomic E-state index is -0.579. The quantitative estimate of drug-likeness (QED) is 0.808. The Bertz CT molecular complexity index is 433. The maximum absolute atomic E-state index is 11.5. The molecule has 0 saturated heterocycles. The fourth-order valence-corrected chi connectivity index (χ4v) is 1.76. The normalized spacial score (nSPS) is 13.5. The summed E-state index contributed by atoms with van der Waals surface area (Å²) in [5.74, 6) is 0.973. The van der Waals surface area contributed by atoms with Crippen molar-refractivity contribution in [2.24, 2.45) is 5.73 Å². The minimum absolute atomic E-state index is 0.0672. The lowest BCUT2D eigenvalue weighted by Gasteiger charge is -2.17. The topological polar surface area (TPSA) is 73.6 Å². The zero-order chi connectivity index (χ0) is 14.4. The van der Waals surface area contributed by atoms with E-state index in [1.54, 1.807) is 21.1 Å². The van der Waals surface area contributed by atoms with Gasteiger partial charge in [0, 0.05) is 13.1 Å². The molecule has 106 valence electrons. The predicted molar refractivity (Wildman–Crippen MR) is 74.5 cm³/mol. The molecular formula is C14H22N2O3. The second-order valence-corrected chi connectivity index (χ2v) is 4.54. The van der Waals surface area contributed by atoms with E-state index < -0.39 is 6.10 Å². The van der Waals surface area contributed by atoms with Gasteiger partial charge < -0.3 is 20.5 Å². The number of carbonyl (C=O) groups excluding carboxylic acids is 1. The van der Waals surface area contributed by atoms with Crippen LogP contribution in [0.15, 0.2) is 18.2 Å². The molecule has 0 aliphatic carbocycles. The Balaban J connectivity index is 2.92. The average molecular weight is 266 g/mol. The first-order valence-corrected chi connectivity index (χ1v) is 6.28. The van der Waals surface area contributed by atoms with Crippen LogP contribution in [-0.4, -0.2) is 32.2 Å². The third kappa shape index (κ3) is 4.44. The Labute approximate surface area is 114 Å². The summed E-state index contributed by atoms with van der Waals surface area (Å²) >= 11 is 0. The molecule has 0 fully saturated rings.